The lowest BCUT2D eigenvalue weighted by Gasteiger charge is -2.67. The molecule has 0 N–H and O–H groups in total. The van der Waals surface area contributed by atoms with Crippen LogP contribution in [0.15, 0.2) is 0 Å². The molecule has 0 aromatic rings. The van der Waals surface area contributed by atoms with Crippen molar-refractivity contribution in [3.05, 3.63) is 0 Å². The van der Waals surface area contributed by atoms with Gasteiger partial charge in [-0.05, 0) is 44.9 Å². The van der Waals surface area contributed by atoms with Crippen molar-refractivity contribution in [1.29, 1.82) is 0 Å². The zero-order chi connectivity index (χ0) is 37.8. The summed E-state index contributed by atoms with van der Waals surface area (Å²) in [5, 5.41) is 0. The van der Waals surface area contributed by atoms with Crippen LogP contribution in [0.2, 0.25) is 0 Å². The second-order valence-electron chi connectivity index (χ2n) is 16.4. The molecule has 0 spiro atoms. The Hall–Kier alpha value is 2.97. The Morgan fingerprint density at radius 2 is 0.415 bits per heavy atom. The van der Waals surface area contributed by atoms with Crippen LogP contribution in [-0.2, 0) is 0 Å². The van der Waals surface area contributed by atoms with Crippen LogP contribution in [0, 0.1) is 0 Å². The molecule has 9 heteroatoms. The first-order valence-electron chi connectivity index (χ1n) is 22.9. The fraction of sp³-hybridized carbons (Fsp3) is 1.00. The molecular formula is C44H81Cl3S6. The molecule has 0 unspecified atom stereocenters. The maximum Gasteiger partial charge on any atom is 0.113 e. The molecule has 4 aliphatic heterocycles. The van der Waals surface area contributed by atoms with Crippen LogP contribution in [0.3, 0.4) is 0 Å². The molecule has 4 bridgehead atoms. The van der Waals surface area contributed by atoms with Gasteiger partial charge in [-0.25, -0.2) is 0 Å². The largest absolute Gasteiger partial charge is 0.127 e. The molecule has 314 valence electrons. The van der Waals surface area contributed by atoms with E-state index in [-0.39, 0.29) is 0 Å². The summed E-state index contributed by atoms with van der Waals surface area (Å²) < 4.78 is 1.42. The Morgan fingerprint density at radius 1 is 0.245 bits per heavy atom. The van der Waals surface area contributed by atoms with Gasteiger partial charge in [0.1, 0.15) is 13.6 Å². The molecule has 0 aromatic carbocycles. The second-order valence-corrected chi connectivity index (χ2v) is 30.2. The Labute approximate surface area is 371 Å². The maximum atomic E-state index is 5.92. The highest BCUT2D eigenvalue weighted by molar-refractivity contribution is 8.64. The van der Waals surface area contributed by atoms with E-state index >= 15 is 0 Å². The average Bonchev–Trinajstić information content (AvgIpc) is 3.13. The molecule has 4 aliphatic rings. The minimum absolute atomic E-state index is 0.354. The van der Waals surface area contributed by atoms with Gasteiger partial charge in [-0.3, -0.25) is 0 Å². The van der Waals surface area contributed by atoms with Crippen molar-refractivity contribution in [3.8, 4) is 0 Å². The number of hydrogen-bond donors (Lipinski definition) is 0. The zero-order valence-corrected chi connectivity index (χ0v) is 41.3. The van der Waals surface area contributed by atoms with Crippen LogP contribution >= 0.6 is 105 Å². The van der Waals surface area contributed by atoms with E-state index in [1.54, 1.807) is 0 Å². The molecule has 0 nitrogen and oxygen atoms in total. The van der Waals surface area contributed by atoms with Gasteiger partial charge < -0.3 is 0 Å². The number of thioether (sulfide) groups is 6. The normalized spacial score (nSPS) is 26.3. The quantitative estimate of drug-likeness (QED) is 0.0442. The summed E-state index contributed by atoms with van der Waals surface area (Å²) in [5.74, 6) is 2.50. The lowest BCUT2D eigenvalue weighted by molar-refractivity contribution is 0.558. The summed E-state index contributed by atoms with van der Waals surface area (Å²) >= 11 is 32.6. The first-order chi connectivity index (χ1) is 26.0. The van der Waals surface area contributed by atoms with Gasteiger partial charge in [-0.1, -0.05) is 193 Å². The third kappa shape index (κ3) is 20.9. The molecule has 0 amide bonds. The van der Waals surface area contributed by atoms with Crippen LogP contribution in [-0.4, -0.2) is 31.3 Å². The van der Waals surface area contributed by atoms with Crippen molar-refractivity contribution < 1.29 is 0 Å². The molecule has 4 saturated heterocycles. The standard InChI is InChI=1S/C44H81Cl3S6/c1-2-3-4-5-6-13-20-27-34-41-48-42(35-28-21-14-7-10-17-24-31-38-45)51-43(49-41,36-29-22-15-8-11-18-25-32-39-46)53-44(50-41,52-42)37-30-23-16-9-12-19-26-33-40-47/h2-40H2,1H3. The van der Waals surface area contributed by atoms with E-state index in [2.05, 4.69) is 77.5 Å². The van der Waals surface area contributed by atoms with Crippen LogP contribution in [0.1, 0.15) is 238 Å². The number of unbranched alkanes of at least 4 members (excludes halogenated alkanes) is 28. The molecule has 0 saturated carbocycles. The monoisotopic (exact) mass is 906 g/mol. The van der Waals surface area contributed by atoms with Crippen molar-refractivity contribution in [2.75, 3.05) is 17.6 Å². The first kappa shape index (κ1) is 50.3. The Morgan fingerprint density at radius 3 is 0.604 bits per heavy atom. The van der Waals surface area contributed by atoms with Gasteiger partial charge in [0.05, 0.1) is 0 Å². The molecule has 4 heterocycles. The average molecular weight is 909 g/mol. The fourth-order valence-corrected chi connectivity index (χ4v) is 30.7. The zero-order valence-electron chi connectivity index (χ0n) is 34.2. The van der Waals surface area contributed by atoms with Gasteiger partial charge in [0.2, 0.25) is 0 Å². The van der Waals surface area contributed by atoms with E-state index in [0.717, 1.165) is 17.6 Å². The number of hydrogen-bond acceptors (Lipinski definition) is 6. The van der Waals surface area contributed by atoms with E-state index in [4.69, 9.17) is 34.8 Å². The van der Waals surface area contributed by atoms with Crippen molar-refractivity contribution in [3.63, 3.8) is 0 Å². The summed E-state index contributed by atoms with van der Waals surface area (Å²) in [6, 6.07) is 0. The molecule has 0 atom stereocenters. The van der Waals surface area contributed by atoms with E-state index in [9.17, 15) is 0 Å². The number of rotatable bonds is 39. The van der Waals surface area contributed by atoms with Gasteiger partial charge in [0.15, 0.2) is 0 Å². The molecule has 4 fully saturated rings. The highest BCUT2D eigenvalue weighted by atomic mass is 35.5. The Kier molecular flexibility index (Phi) is 29.4. The van der Waals surface area contributed by atoms with E-state index in [1.807, 2.05) is 0 Å². The van der Waals surface area contributed by atoms with Crippen LogP contribution in [0.5, 0.6) is 0 Å². The van der Waals surface area contributed by atoms with Crippen LogP contribution < -0.4 is 0 Å². The van der Waals surface area contributed by atoms with Gasteiger partial charge in [0.25, 0.3) is 0 Å². The predicted octanol–water partition coefficient (Wildman–Crippen LogP) is 19.8. The molecule has 0 aliphatic carbocycles. The Balaban J connectivity index is 1.64. The molecule has 53 heavy (non-hydrogen) atoms. The Bertz CT molecular complexity index is 779. The third-order valence-corrected chi connectivity index (χ3v) is 24.3. The van der Waals surface area contributed by atoms with E-state index < -0.39 is 0 Å². The summed E-state index contributed by atoms with van der Waals surface area (Å²) in [6.45, 7) is 2.34. The number of halogens is 3. The summed E-state index contributed by atoms with van der Waals surface area (Å²) in [4.78, 5) is 0. The second kappa shape index (κ2) is 30.9. The fourth-order valence-electron chi connectivity index (χ4n) is 8.25. The minimum atomic E-state index is 0.354. The molecule has 0 aromatic heterocycles. The minimum Gasteiger partial charge on any atom is -0.127 e. The molecular weight excluding hydrogens is 827 g/mol. The van der Waals surface area contributed by atoms with Gasteiger partial charge in [-0.15, -0.1) is 105 Å². The molecule has 0 radical (unpaired) electrons. The predicted molar refractivity (Wildman–Crippen MR) is 261 cm³/mol. The topological polar surface area (TPSA) is 0 Å². The van der Waals surface area contributed by atoms with Crippen molar-refractivity contribution in [2.45, 2.75) is 252 Å². The molecule has 4 rings (SSSR count). The van der Waals surface area contributed by atoms with Gasteiger partial charge in [-0.2, -0.15) is 0 Å². The smallest absolute Gasteiger partial charge is 0.113 e. The maximum absolute atomic E-state index is 5.92. The highest BCUT2D eigenvalue weighted by Crippen LogP contribution is 2.91. The van der Waals surface area contributed by atoms with Crippen LogP contribution in [0.4, 0.5) is 0 Å². The SMILES string of the molecule is CCCCCCCCCCC12SC3(CCCCCCCCCCCl)SC(CCCCCCCCCCCl)(S1)SC(CCCCCCCCCCCl)(S2)S3. The number of alkyl halides is 3. The van der Waals surface area contributed by atoms with Crippen molar-refractivity contribution in [1.82, 2.24) is 0 Å². The lowest BCUT2D eigenvalue weighted by atomic mass is 10.1. The summed E-state index contributed by atoms with van der Waals surface area (Å²) in [6.07, 6.45) is 50.0. The van der Waals surface area contributed by atoms with Crippen molar-refractivity contribution in [2.24, 2.45) is 0 Å². The van der Waals surface area contributed by atoms with E-state index in [0.29, 0.717) is 13.6 Å². The van der Waals surface area contributed by atoms with Crippen LogP contribution in [0.25, 0.3) is 0 Å². The van der Waals surface area contributed by atoms with Crippen molar-refractivity contribution >= 4 is 105 Å². The summed E-state index contributed by atoms with van der Waals surface area (Å²) in [7, 11) is 0. The van der Waals surface area contributed by atoms with Gasteiger partial charge in [0, 0.05) is 17.6 Å². The van der Waals surface area contributed by atoms with E-state index in [1.165, 1.54) is 231 Å². The first-order valence-corrected chi connectivity index (χ1v) is 29.4. The summed E-state index contributed by atoms with van der Waals surface area (Å²) in [5.41, 5.74) is 0. The third-order valence-electron chi connectivity index (χ3n) is 11.3. The van der Waals surface area contributed by atoms with Gasteiger partial charge >= 0.3 is 0 Å². The lowest BCUT2D eigenvalue weighted by Crippen LogP contribution is -2.53. The highest BCUT2D eigenvalue weighted by Gasteiger charge is 2.71.